The molecule has 0 radical (unpaired) electrons. The van der Waals surface area contributed by atoms with Crippen molar-refractivity contribution in [1.82, 2.24) is 9.55 Å². The molecule has 0 N–H and O–H groups in total. The molecule has 2 nitrogen and oxygen atoms in total. The smallest absolute Gasteiger partial charge is 0.102 e. The molecule has 2 rings (SSSR count). The summed E-state index contributed by atoms with van der Waals surface area (Å²) in [6, 6.07) is 6.02. The molecule has 1 aromatic carbocycles. The van der Waals surface area contributed by atoms with Crippen molar-refractivity contribution in [3.63, 3.8) is 0 Å². The van der Waals surface area contributed by atoms with Gasteiger partial charge in [-0.2, -0.15) is 0 Å². The third-order valence-electron chi connectivity index (χ3n) is 1.97. The Labute approximate surface area is 76.6 Å². The SMILES string of the molecule is CCn1cnc2c(S)cccc21. The predicted molar refractivity (Wildman–Crippen MR) is 52.7 cm³/mol. The second kappa shape index (κ2) is 2.83. The van der Waals surface area contributed by atoms with Crippen molar-refractivity contribution in [3.05, 3.63) is 24.5 Å². The molecule has 62 valence electrons. The van der Waals surface area contributed by atoms with Crippen molar-refractivity contribution in [1.29, 1.82) is 0 Å². The first kappa shape index (κ1) is 7.68. The second-order valence-electron chi connectivity index (χ2n) is 2.68. The number of para-hydroxylation sites is 1. The fourth-order valence-corrected chi connectivity index (χ4v) is 1.58. The van der Waals surface area contributed by atoms with E-state index in [9.17, 15) is 0 Å². The summed E-state index contributed by atoms with van der Waals surface area (Å²) >= 11 is 4.33. The van der Waals surface area contributed by atoms with Crippen molar-refractivity contribution in [2.24, 2.45) is 0 Å². The van der Waals surface area contributed by atoms with E-state index in [0.29, 0.717) is 0 Å². The van der Waals surface area contributed by atoms with E-state index < -0.39 is 0 Å². The maximum Gasteiger partial charge on any atom is 0.102 e. The zero-order chi connectivity index (χ0) is 8.55. The molecular weight excluding hydrogens is 168 g/mol. The minimum Gasteiger partial charge on any atom is -0.331 e. The summed E-state index contributed by atoms with van der Waals surface area (Å²) in [5.41, 5.74) is 2.15. The maximum absolute atomic E-state index is 4.33. The molecule has 0 aliphatic heterocycles. The van der Waals surface area contributed by atoms with Crippen LogP contribution in [-0.4, -0.2) is 9.55 Å². The van der Waals surface area contributed by atoms with Gasteiger partial charge in [0.25, 0.3) is 0 Å². The number of imidazole rings is 1. The van der Waals surface area contributed by atoms with Gasteiger partial charge in [0.15, 0.2) is 0 Å². The molecule has 0 aliphatic rings. The standard InChI is InChI=1S/C9H10N2S/c1-2-11-6-10-9-7(11)4-3-5-8(9)12/h3-6,12H,2H2,1H3. The highest BCUT2D eigenvalue weighted by Gasteiger charge is 2.01. The van der Waals surface area contributed by atoms with E-state index in [-0.39, 0.29) is 0 Å². The van der Waals surface area contributed by atoms with Crippen molar-refractivity contribution >= 4 is 23.7 Å². The lowest BCUT2D eigenvalue weighted by Crippen LogP contribution is -1.89. The molecule has 0 amide bonds. The van der Waals surface area contributed by atoms with Gasteiger partial charge >= 0.3 is 0 Å². The average Bonchev–Trinajstić information content (AvgIpc) is 2.49. The molecule has 2 aromatic rings. The lowest BCUT2D eigenvalue weighted by atomic mass is 10.3. The highest BCUT2D eigenvalue weighted by Crippen LogP contribution is 2.19. The van der Waals surface area contributed by atoms with Gasteiger partial charge in [0.05, 0.1) is 11.8 Å². The van der Waals surface area contributed by atoms with Gasteiger partial charge in [-0.15, -0.1) is 12.6 Å². The minimum absolute atomic E-state index is 0.944. The molecule has 0 bridgehead atoms. The van der Waals surface area contributed by atoms with Crippen LogP contribution in [0.25, 0.3) is 11.0 Å². The van der Waals surface area contributed by atoms with Gasteiger partial charge in [-0.1, -0.05) is 6.07 Å². The normalized spacial score (nSPS) is 10.8. The molecule has 0 aliphatic carbocycles. The van der Waals surface area contributed by atoms with Crippen LogP contribution in [0.15, 0.2) is 29.4 Å². The van der Waals surface area contributed by atoms with Crippen LogP contribution in [0.1, 0.15) is 6.92 Å². The Morgan fingerprint density at radius 2 is 2.33 bits per heavy atom. The van der Waals surface area contributed by atoms with E-state index in [1.165, 1.54) is 0 Å². The van der Waals surface area contributed by atoms with Crippen LogP contribution in [-0.2, 0) is 6.54 Å². The number of hydrogen-bond donors (Lipinski definition) is 1. The third-order valence-corrected chi connectivity index (χ3v) is 2.33. The summed E-state index contributed by atoms with van der Waals surface area (Å²) in [4.78, 5) is 5.22. The van der Waals surface area contributed by atoms with Crippen molar-refractivity contribution in [3.8, 4) is 0 Å². The molecule has 0 spiro atoms. The van der Waals surface area contributed by atoms with E-state index in [2.05, 4.69) is 35.2 Å². The molecule has 1 aromatic heterocycles. The number of aryl methyl sites for hydroxylation is 1. The number of thiol groups is 1. The van der Waals surface area contributed by atoms with Crippen LogP contribution in [0.5, 0.6) is 0 Å². The molecule has 1 heterocycles. The predicted octanol–water partition coefficient (Wildman–Crippen LogP) is 2.34. The molecule has 0 unspecified atom stereocenters. The Balaban J connectivity index is 2.80. The van der Waals surface area contributed by atoms with Crippen molar-refractivity contribution in [2.75, 3.05) is 0 Å². The van der Waals surface area contributed by atoms with E-state index >= 15 is 0 Å². The number of nitrogens with zero attached hydrogens (tertiary/aromatic N) is 2. The van der Waals surface area contributed by atoms with Gasteiger partial charge in [-0.05, 0) is 19.1 Å². The molecule has 0 atom stereocenters. The van der Waals surface area contributed by atoms with E-state index in [0.717, 1.165) is 22.5 Å². The zero-order valence-electron chi connectivity index (χ0n) is 6.86. The monoisotopic (exact) mass is 178 g/mol. The fraction of sp³-hybridized carbons (Fsp3) is 0.222. The second-order valence-corrected chi connectivity index (χ2v) is 3.16. The van der Waals surface area contributed by atoms with Crippen LogP contribution in [0.2, 0.25) is 0 Å². The Kier molecular flexibility index (Phi) is 1.81. The lowest BCUT2D eigenvalue weighted by Gasteiger charge is -1.98. The lowest BCUT2D eigenvalue weighted by molar-refractivity contribution is 0.787. The average molecular weight is 178 g/mol. The minimum atomic E-state index is 0.944. The number of rotatable bonds is 1. The van der Waals surface area contributed by atoms with E-state index in [1.54, 1.807) is 0 Å². The number of benzene rings is 1. The number of hydrogen-bond acceptors (Lipinski definition) is 2. The molecule has 0 saturated heterocycles. The Morgan fingerprint density at radius 3 is 3.08 bits per heavy atom. The first-order valence-corrected chi connectivity index (χ1v) is 4.40. The highest BCUT2D eigenvalue weighted by molar-refractivity contribution is 7.80. The topological polar surface area (TPSA) is 17.8 Å². The van der Waals surface area contributed by atoms with Crippen LogP contribution in [0.3, 0.4) is 0 Å². The summed E-state index contributed by atoms with van der Waals surface area (Å²) in [5.74, 6) is 0. The Morgan fingerprint density at radius 1 is 1.50 bits per heavy atom. The van der Waals surface area contributed by atoms with Gasteiger partial charge < -0.3 is 4.57 Å². The summed E-state index contributed by atoms with van der Waals surface area (Å²) in [7, 11) is 0. The molecule has 0 fully saturated rings. The first-order chi connectivity index (χ1) is 5.83. The fourth-order valence-electron chi connectivity index (χ4n) is 1.33. The van der Waals surface area contributed by atoms with Gasteiger partial charge in [-0.3, -0.25) is 0 Å². The number of fused-ring (bicyclic) bond motifs is 1. The van der Waals surface area contributed by atoms with E-state index in [4.69, 9.17) is 0 Å². The zero-order valence-corrected chi connectivity index (χ0v) is 7.75. The summed E-state index contributed by atoms with van der Waals surface area (Å²) < 4.78 is 2.11. The van der Waals surface area contributed by atoms with Crippen LogP contribution in [0, 0.1) is 0 Å². The molecule has 0 saturated carbocycles. The van der Waals surface area contributed by atoms with Crippen molar-refractivity contribution < 1.29 is 0 Å². The number of aromatic nitrogens is 2. The summed E-state index contributed by atoms with van der Waals surface area (Å²) in [5, 5.41) is 0. The third kappa shape index (κ3) is 1.01. The molecular formula is C9H10N2S. The van der Waals surface area contributed by atoms with Crippen molar-refractivity contribution in [2.45, 2.75) is 18.4 Å². The quantitative estimate of drug-likeness (QED) is 0.664. The molecule has 3 heteroatoms. The molecule has 12 heavy (non-hydrogen) atoms. The van der Waals surface area contributed by atoms with Crippen LogP contribution < -0.4 is 0 Å². The summed E-state index contributed by atoms with van der Waals surface area (Å²) in [6.45, 7) is 3.06. The van der Waals surface area contributed by atoms with Crippen LogP contribution >= 0.6 is 12.6 Å². The Bertz CT molecular complexity index is 406. The van der Waals surface area contributed by atoms with Gasteiger partial charge in [0.2, 0.25) is 0 Å². The van der Waals surface area contributed by atoms with E-state index in [1.807, 2.05) is 18.5 Å². The van der Waals surface area contributed by atoms with Gasteiger partial charge in [0, 0.05) is 11.4 Å². The van der Waals surface area contributed by atoms with Gasteiger partial charge in [0.1, 0.15) is 5.52 Å². The van der Waals surface area contributed by atoms with Crippen LogP contribution in [0.4, 0.5) is 0 Å². The highest BCUT2D eigenvalue weighted by atomic mass is 32.1. The first-order valence-electron chi connectivity index (χ1n) is 3.95. The summed E-state index contributed by atoms with van der Waals surface area (Å²) in [6.07, 6.45) is 1.85. The largest absolute Gasteiger partial charge is 0.331 e. The Hall–Kier alpha value is -0.960. The maximum atomic E-state index is 4.33. The van der Waals surface area contributed by atoms with Gasteiger partial charge in [-0.25, -0.2) is 4.98 Å².